The second-order valence-corrected chi connectivity index (χ2v) is 5.05. The Bertz CT molecular complexity index is 410. The quantitative estimate of drug-likeness (QED) is 0.761. The van der Waals surface area contributed by atoms with Crippen LogP contribution in [-0.2, 0) is 0 Å². The lowest BCUT2D eigenvalue weighted by atomic mass is 10.00. The maximum absolute atomic E-state index is 13.7. The predicted molar refractivity (Wildman–Crippen MR) is 65.8 cm³/mol. The number of nitrogens with one attached hydrogen (secondary N) is 1. The minimum Gasteiger partial charge on any atom is -0.313 e. The van der Waals surface area contributed by atoms with Gasteiger partial charge in [-0.25, -0.2) is 8.78 Å². The van der Waals surface area contributed by atoms with Gasteiger partial charge in [0.15, 0.2) is 0 Å². The lowest BCUT2D eigenvalue weighted by Crippen LogP contribution is -2.20. The molecular formula is C12H13BrF5N. The van der Waals surface area contributed by atoms with Crippen molar-refractivity contribution in [2.75, 3.05) is 7.05 Å². The Kier molecular flexibility index (Phi) is 5.73. The van der Waals surface area contributed by atoms with Crippen molar-refractivity contribution >= 4 is 15.9 Å². The number of benzene rings is 1. The van der Waals surface area contributed by atoms with E-state index in [0.29, 0.717) is 0 Å². The first-order valence-corrected chi connectivity index (χ1v) is 6.42. The highest BCUT2D eigenvalue weighted by Gasteiger charge is 2.27. The van der Waals surface area contributed by atoms with Crippen LogP contribution >= 0.6 is 15.9 Å². The first-order chi connectivity index (χ1) is 8.74. The first kappa shape index (κ1) is 16.4. The molecule has 1 nitrogen and oxygen atoms in total. The summed E-state index contributed by atoms with van der Waals surface area (Å²) in [5, 5.41) is 2.64. The maximum Gasteiger partial charge on any atom is 0.389 e. The van der Waals surface area contributed by atoms with Gasteiger partial charge in [-0.2, -0.15) is 13.2 Å². The van der Waals surface area contributed by atoms with E-state index < -0.39 is 30.3 Å². The average Bonchev–Trinajstić information content (AvgIpc) is 2.23. The summed E-state index contributed by atoms with van der Waals surface area (Å²) in [6.07, 6.45) is -5.41. The Morgan fingerprint density at radius 1 is 1.21 bits per heavy atom. The van der Waals surface area contributed by atoms with Crippen molar-refractivity contribution < 1.29 is 22.0 Å². The van der Waals surface area contributed by atoms with Crippen molar-refractivity contribution in [2.45, 2.75) is 31.5 Å². The number of hydrogen-bond acceptors (Lipinski definition) is 1. The molecule has 0 aliphatic heterocycles. The van der Waals surface area contributed by atoms with E-state index in [1.54, 1.807) is 0 Å². The van der Waals surface area contributed by atoms with Crippen LogP contribution in [-0.4, -0.2) is 13.2 Å². The molecule has 19 heavy (non-hydrogen) atoms. The predicted octanol–water partition coefficient (Wildman–Crippen LogP) is 4.72. The summed E-state index contributed by atoms with van der Waals surface area (Å²) in [6.45, 7) is 0. The molecule has 0 bridgehead atoms. The lowest BCUT2D eigenvalue weighted by molar-refractivity contribution is -0.135. The molecule has 0 aliphatic carbocycles. The van der Waals surface area contributed by atoms with Crippen LogP contribution in [0.5, 0.6) is 0 Å². The molecule has 0 aliphatic rings. The summed E-state index contributed by atoms with van der Waals surface area (Å²) in [4.78, 5) is 0. The Morgan fingerprint density at radius 3 is 2.16 bits per heavy atom. The summed E-state index contributed by atoms with van der Waals surface area (Å²) < 4.78 is 63.7. The lowest BCUT2D eigenvalue weighted by Gasteiger charge is -2.18. The first-order valence-electron chi connectivity index (χ1n) is 5.63. The van der Waals surface area contributed by atoms with Gasteiger partial charge in [-0.05, 0) is 32.0 Å². The van der Waals surface area contributed by atoms with Gasteiger partial charge in [0.05, 0.1) is 0 Å². The standard InChI is InChI=1S/C12H13BrF5N/c1-19-10(3-2-4-12(16,17)18)11-8(14)5-7(13)6-9(11)15/h5-6,10,19H,2-4H2,1H3. The van der Waals surface area contributed by atoms with E-state index in [0.717, 1.165) is 12.1 Å². The molecule has 0 spiro atoms. The molecule has 108 valence electrons. The minimum atomic E-state index is -4.25. The minimum absolute atomic E-state index is 0.00544. The van der Waals surface area contributed by atoms with E-state index in [-0.39, 0.29) is 22.9 Å². The fraction of sp³-hybridized carbons (Fsp3) is 0.500. The Balaban J connectivity index is 2.80. The third-order valence-electron chi connectivity index (χ3n) is 2.69. The highest BCUT2D eigenvalue weighted by atomic mass is 79.9. The van der Waals surface area contributed by atoms with Crippen molar-refractivity contribution in [2.24, 2.45) is 0 Å². The molecule has 0 heterocycles. The molecule has 1 aromatic carbocycles. The van der Waals surface area contributed by atoms with Crippen LogP contribution in [0, 0.1) is 11.6 Å². The van der Waals surface area contributed by atoms with Crippen molar-refractivity contribution in [3.63, 3.8) is 0 Å². The van der Waals surface area contributed by atoms with Gasteiger partial charge in [0.25, 0.3) is 0 Å². The van der Waals surface area contributed by atoms with Crippen LogP contribution in [0.15, 0.2) is 16.6 Å². The molecule has 1 N–H and O–H groups in total. The fourth-order valence-electron chi connectivity index (χ4n) is 1.83. The molecule has 1 aromatic rings. The zero-order valence-electron chi connectivity index (χ0n) is 10.1. The third-order valence-corrected chi connectivity index (χ3v) is 3.15. The van der Waals surface area contributed by atoms with Gasteiger partial charge in [-0.3, -0.25) is 0 Å². The average molecular weight is 346 g/mol. The SMILES string of the molecule is CNC(CCCC(F)(F)F)c1c(F)cc(Br)cc1F. The van der Waals surface area contributed by atoms with E-state index >= 15 is 0 Å². The van der Waals surface area contributed by atoms with Gasteiger partial charge in [0.2, 0.25) is 0 Å². The van der Waals surface area contributed by atoms with Crippen LogP contribution in [0.3, 0.4) is 0 Å². The molecular weight excluding hydrogens is 333 g/mol. The summed E-state index contributed by atoms with van der Waals surface area (Å²) >= 11 is 2.95. The molecule has 0 radical (unpaired) electrons. The highest BCUT2D eigenvalue weighted by Crippen LogP contribution is 2.30. The second-order valence-electron chi connectivity index (χ2n) is 4.13. The van der Waals surface area contributed by atoms with E-state index in [2.05, 4.69) is 21.2 Å². The Morgan fingerprint density at radius 2 is 1.74 bits per heavy atom. The summed E-state index contributed by atoms with van der Waals surface area (Å²) in [5.41, 5.74) is -0.229. The van der Waals surface area contributed by atoms with Crippen LogP contribution in [0.4, 0.5) is 22.0 Å². The number of alkyl halides is 3. The molecule has 0 saturated heterocycles. The van der Waals surface area contributed by atoms with Crippen LogP contribution in [0.1, 0.15) is 30.9 Å². The van der Waals surface area contributed by atoms with Crippen molar-refractivity contribution in [1.82, 2.24) is 5.32 Å². The van der Waals surface area contributed by atoms with Crippen LogP contribution in [0.2, 0.25) is 0 Å². The van der Waals surface area contributed by atoms with Gasteiger partial charge in [0, 0.05) is 22.5 Å². The molecule has 1 rings (SSSR count). The molecule has 0 saturated carbocycles. The summed E-state index contributed by atoms with van der Waals surface area (Å²) in [5.74, 6) is -1.56. The topological polar surface area (TPSA) is 12.0 Å². The van der Waals surface area contributed by atoms with E-state index in [9.17, 15) is 22.0 Å². The zero-order chi connectivity index (χ0) is 14.6. The number of rotatable bonds is 5. The number of halogens is 6. The van der Waals surface area contributed by atoms with Crippen LogP contribution in [0.25, 0.3) is 0 Å². The van der Waals surface area contributed by atoms with Gasteiger partial charge < -0.3 is 5.32 Å². The van der Waals surface area contributed by atoms with Gasteiger partial charge in [-0.15, -0.1) is 0 Å². The monoisotopic (exact) mass is 345 g/mol. The molecule has 0 aromatic heterocycles. The molecule has 1 atom stereocenters. The smallest absolute Gasteiger partial charge is 0.313 e. The van der Waals surface area contributed by atoms with E-state index in [1.807, 2.05) is 0 Å². The molecule has 0 amide bonds. The summed E-state index contributed by atoms with van der Waals surface area (Å²) in [7, 11) is 1.46. The van der Waals surface area contributed by atoms with Crippen molar-refractivity contribution in [1.29, 1.82) is 0 Å². The van der Waals surface area contributed by atoms with Gasteiger partial charge in [0.1, 0.15) is 11.6 Å². The second kappa shape index (κ2) is 6.65. The van der Waals surface area contributed by atoms with Gasteiger partial charge >= 0.3 is 6.18 Å². The zero-order valence-corrected chi connectivity index (χ0v) is 11.7. The Hall–Kier alpha value is -0.690. The van der Waals surface area contributed by atoms with Crippen LogP contribution < -0.4 is 5.32 Å². The van der Waals surface area contributed by atoms with Gasteiger partial charge in [-0.1, -0.05) is 15.9 Å². The molecule has 1 unspecified atom stereocenters. The fourth-order valence-corrected chi connectivity index (χ4v) is 2.23. The van der Waals surface area contributed by atoms with E-state index in [1.165, 1.54) is 7.05 Å². The Labute approximate surface area is 116 Å². The highest BCUT2D eigenvalue weighted by molar-refractivity contribution is 9.10. The third kappa shape index (κ3) is 5.06. The number of hydrogen-bond donors (Lipinski definition) is 1. The van der Waals surface area contributed by atoms with Crippen molar-refractivity contribution in [3.05, 3.63) is 33.8 Å². The largest absolute Gasteiger partial charge is 0.389 e. The van der Waals surface area contributed by atoms with E-state index in [4.69, 9.17) is 0 Å². The molecule has 7 heteroatoms. The maximum atomic E-state index is 13.7. The summed E-state index contributed by atoms with van der Waals surface area (Å²) in [6, 6.07) is 1.40. The van der Waals surface area contributed by atoms with Crippen molar-refractivity contribution in [3.8, 4) is 0 Å². The molecule has 0 fully saturated rings. The normalized spacial score (nSPS) is 13.6.